The van der Waals surface area contributed by atoms with Crippen LogP contribution in [0.3, 0.4) is 0 Å². The minimum absolute atomic E-state index is 0.259. The third kappa shape index (κ3) is 5.65. The molecule has 150 valence electrons. The van der Waals surface area contributed by atoms with E-state index in [-0.39, 0.29) is 5.91 Å². The van der Waals surface area contributed by atoms with Crippen molar-refractivity contribution in [2.75, 3.05) is 18.0 Å². The molecule has 0 unspecified atom stereocenters. The third-order valence-corrected chi connectivity index (χ3v) is 5.79. The van der Waals surface area contributed by atoms with Crippen molar-refractivity contribution >= 4 is 45.6 Å². The number of benzene rings is 2. The van der Waals surface area contributed by atoms with E-state index in [2.05, 4.69) is 46.4 Å². The molecule has 2 aromatic carbocycles. The Balaban J connectivity index is 1.65. The Bertz CT molecular complexity index is 966. The summed E-state index contributed by atoms with van der Waals surface area (Å²) in [5, 5.41) is 12.1. The van der Waals surface area contributed by atoms with Crippen LogP contribution in [0.25, 0.3) is 11.1 Å². The third-order valence-electron chi connectivity index (χ3n) is 4.43. The van der Waals surface area contributed by atoms with Crippen LogP contribution in [-0.4, -0.2) is 29.2 Å². The van der Waals surface area contributed by atoms with Gasteiger partial charge in [-0.3, -0.25) is 4.79 Å². The lowest BCUT2D eigenvalue weighted by Gasteiger charge is -2.20. The molecule has 1 N–H and O–H groups in total. The number of hydrogen-bond donors (Lipinski definition) is 1. The Morgan fingerprint density at radius 1 is 1.03 bits per heavy atom. The second-order valence-electron chi connectivity index (χ2n) is 6.34. The molecule has 7 heteroatoms. The van der Waals surface area contributed by atoms with E-state index in [1.54, 1.807) is 0 Å². The van der Waals surface area contributed by atoms with Crippen LogP contribution in [0.5, 0.6) is 0 Å². The molecule has 1 amide bonds. The van der Waals surface area contributed by atoms with Crippen molar-refractivity contribution in [1.82, 2.24) is 15.5 Å². The van der Waals surface area contributed by atoms with Crippen molar-refractivity contribution < 1.29 is 4.79 Å². The molecule has 0 aliphatic heterocycles. The fourth-order valence-electron chi connectivity index (χ4n) is 2.84. The fraction of sp³-hybridized carbons (Fsp3) is 0.227. The van der Waals surface area contributed by atoms with Crippen molar-refractivity contribution in [3.8, 4) is 0 Å². The number of nitrogens with one attached hydrogen (secondary N) is 1. The van der Waals surface area contributed by atoms with Crippen molar-refractivity contribution in [3.63, 3.8) is 0 Å². The summed E-state index contributed by atoms with van der Waals surface area (Å²) < 4.78 is 0. The lowest BCUT2D eigenvalue weighted by molar-refractivity contribution is 0.0950. The van der Waals surface area contributed by atoms with Gasteiger partial charge in [-0.2, -0.15) is 0 Å². The molecule has 0 bridgehead atoms. The summed E-state index contributed by atoms with van der Waals surface area (Å²) in [7, 11) is 0. The van der Waals surface area contributed by atoms with Crippen LogP contribution in [0.15, 0.2) is 54.6 Å². The van der Waals surface area contributed by atoms with Gasteiger partial charge in [0.05, 0.1) is 5.03 Å². The first kappa shape index (κ1) is 21.0. The summed E-state index contributed by atoms with van der Waals surface area (Å²) in [6.45, 7) is 6.64. The summed E-state index contributed by atoms with van der Waals surface area (Å²) in [6.07, 6.45) is 1.83. The minimum atomic E-state index is -0.259. The van der Waals surface area contributed by atoms with E-state index in [9.17, 15) is 4.79 Å². The van der Waals surface area contributed by atoms with Gasteiger partial charge in [-0.1, -0.05) is 65.4 Å². The SMILES string of the molecule is CCN(CC)c1ccc(C=C(Cl)c2nnc(C(=O)NCc3ccccc3)s2)cc1. The predicted octanol–water partition coefficient (Wildman–Crippen LogP) is 5.05. The molecule has 0 aliphatic carbocycles. The maximum atomic E-state index is 12.3. The summed E-state index contributed by atoms with van der Waals surface area (Å²) in [6, 6.07) is 17.9. The highest BCUT2D eigenvalue weighted by Gasteiger charge is 2.14. The molecule has 0 saturated carbocycles. The van der Waals surface area contributed by atoms with Crippen molar-refractivity contribution in [2.45, 2.75) is 20.4 Å². The highest BCUT2D eigenvalue weighted by molar-refractivity contribution is 7.15. The highest BCUT2D eigenvalue weighted by Crippen LogP contribution is 2.26. The number of hydrogen-bond acceptors (Lipinski definition) is 5. The number of halogens is 1. The number of amides is 1. The summed E-state index contributed by atoms with van der Waals surface area (Å²) in [5.74, 6) is -0.259. The monoisotopic (exact) mass is 426 g/mol. The molecule has 29 heavy (non-hydrogen) atoms. The van der Waals surface area contributed by atoms with E-state index in [1.807, 2.05) is 48.5 Å². The van der Waals surface area contributed by atoms with E-state index in [1.165, 1.54) is 17.0 Å². The molecule has 3 aromatic rings. The highest BCUT2D eigenvalue weighted by atomic mass is 35.5. The van der Waals surface area contributed by atoms with Gasteiger partial charge in [-0.05, 0) is 43.2 Å². The van der Waals surface area contributed by atoms with Crippen molar-refractivity contribution in [2.24, 2.45) is 0 Å². The molecule has 0 aliphatic rings. The first-order chi connectivity index (χ1) is 14.1. The molecule has 0 saturated heterocycles. The van der Waals surface area contributed by atoms with Gasteiger partial charge in [0.25, 0.3) is 5.91 Å². The fourth-order valence-corrected chi connectivity index (χ4v) is 3.79. The minimum Gasteiger partial charge on any atom is -0.372 e. The summed E-state index contributed by atoms with van der Waals surface area (Å²) >= 11 is 7.59. The van der Waals surface area contributed by atoms with Crippen LogP contribution in [-0.2, 0) is 6.54 Å². The lowest BCUT2D eigenvalue weighted by Crippen LogP contribution is -2.22. The zero-order valence-electron chi connectivity index (χ0n) is 16.4. The molecule has 3 rings (SSSR count). The maximum absolute atomic E-state index is 12.3. The maximum Gasteiger partial charge on any atom is 0.282 e. The van der Waals surface area contributed by atoms with Gasteiger partial charge in [-0.25, -0.2) is 0 Å². The normalized spacial score (nSPS) is 11.3. The molecule has 0 spiro atoms. The second kappa shape index (κ2) is 10.2. The number of nitrogens with zero attached hydrogens (tertiary/aromatic N) is 3. The molecule has 1 heterocycles. The van der Waals surface area contributed by atoms with E-state index in [0.717, 1.165) is 24.2 Å². The largest absolute Gasteiger partial charge is 0.372 e. The molecular formula is C22H23ClN4OS. The van der Waals surface area contributed by atoms with Crippen LogP contribution in [0, 0.1) is 0 Å². The molecule has 1 aromatic heterocycles. The van der Waals surface area contributed by atoms with Gasteiger partial charge >= 0.3 is 0 Å². The van der Waals surface area contributed by atoms with E-state index in [4.69, 9.17) is 11.6 Å². The summed E-state index contributed by atoms with van der Waals surface area (Å²) in [5.41, 5.74) is 3.17. The number of carbonyl (C=O) groups excluding carboxylic acids is 1. The zero-order valence-corrected chi connectivity index (χ0v) is 18.0. The van der Waals surface area contributed by atoms with Gasteiger partial charge in [0.2, 0.25) is 5.01 Å². The Morgan fingerprint density at radius 3 is 2.34 bits per heavy atom. The molecule has 0 fully saturated rings. The number of aromatic nitrogens is 2. The van der Waals surface area contributed by atoms with Crippen LogP contribution in [0.2, 0.25) is 0 Å². The quantitative estimate of drug-likeness (QED) is 0.547. The lowest BCUT2D eigenvalue weighted by atomic mass is 10.2. The standard InChI is InChI=1S/C22H23ClN4OS/c1-3-27(4-2)18-12-10-16(11-13-18)14-19(23)21-25-26-22(29-21)20(28)24-15-17-8-6-5-7-9-17/h5-14H,3-4,15H2,1-2H3,(H,24,28). The van der Waals surface area contributed by atoms with Crippen LogP contribution in [0.4, 0.5) is 5.69 Å². The average molecular weight is 427 g/mol. The number of carbonyl (C=O) groups is 1. The van der Waals surface area contributed by atoms with Crippen LogP contribution < -0.4 is 10.2 Å². The van der Waals surface area contributed by atoms with Gasteiger partial charge < -0.3 is 10.2 Å². The Hall–Kier alpha value is -2.70. The molecule has 0 radical (unpaired) electrons. The van der Waals surface area contributed by atoms with Crippen LogP contribution in [0.1, 0.15) is 39.8 Å². The van der Waals surface area contributed by atoms with Crippen molar-refractivity contribution in [3.05, 3.63) is 75.7 Å². The predicted molar refractivity (Wildman–Crippen MR) is 121 cm³/mol. The van der Waals surface area contributed by atoms with Crippen LogP contribution >= 0.6 is 22.9 Å². The molecular weight excluding hydrogens is 404 g/mol. The van der Waals surface area contributed by atoms with Gasteiger partial charge in [0.1, 0.15) is 0 Å². The number of anilines is 1. The number of rotatable bonds is 8. The van der Waals surface area contributed by atoms with Crippen molar-refractivity contribution in [1.29, 1.82) is 0 Å². The Kier molecular flexibility index (Phi) is 7.38. The van der Waals surface area contributed by atoms with E-state index < -0.39 is 0 Å². The van der Waals surface area contributed by atoms with E-state index >= 15 is 0 Å². The Labute approximate surface area is 180 Å². The zero-order chi connectivity index (χ0) is 20.6. The first-order valence-corrected chi connectivity index (χ1v) is 10.7. The average Bonchev–Trinajstić information content (AvgIpc) is 3.25. The smallest absolute Gasteiger partial charge is 0.282 e. The topological polar surface area (TPSA) is 58.1 Å². The van der Waals surface area contributed by atoms with Gasteiger partial charge in [0.15, 0.2) is 5.01 Å². The first-order valence-electron chi connectivity index (χ1n) is 9.49. The molecule has 0 atom stereocenters. The molecule has 5 nitrogen and oxygen atoms in total. The Morgan fingerprint density at radius 2 is 1.69 bits per heavy atom. The second-order valence-corrected chi connectivity index (χ2v) is 7.72. The van der Waals surface area contributed by atoms with Gasteiger partial charge in [-0.15, -0.1) is 10.2 Å². The van der Waals surface area contributed by atoms with Gasteiger partial charge in [0, 0.05) is 25.3 Å². The summed E-state index contributed by atoms with van der Waals surface area (Å²) in [4.78, 5) is 14.6. The van der Waals surface area contributed by atoms with E-state index in [0.29, 0.717) is 21.6 Å².